The van der Waals surface area contributed by atoms with E-state index in [2.05, 4.69) is 0 Å². The van der Waals surface area contributed by atoms with Gasteiger partial charge >= 0.3 is 0 Å². The van der Waals surface area contributed by atoms with Crippen molar-refractivity contribution in [3.8, 4) is 0 Å². The minimum atomic E-state index is -1.79. The fraction of sp³-hybridized carbons (Fsp3) is 1.00. The van der Waals surface area contributed by atoms with Crippen LogP contribution in [0.1, 0.15) is 19.3 Å². The topological polar surface area (TPSA) is 74.5 Å². The fourth-order valence-electron chi connectivity index (χ4n) is 3.31. The second-order valence-electron chi connectivity index (χ2n) is 7.79. The van der Waals surface area contributed by atoms with E-state index >= 15 is 0 Å². The predicted molar refractivity (Wildman–Crippen MR) is 103 cm³/mol. The minimum Gasteiger partial charge on any atom is -0.420 e. The third kappa shape index (κ3) is 9.80. The Hall–Kier alpha value is -0.0631. The van der Waals surface area contributed by atoms with Crippen LogP contribution in [-0.2, 0) is 32.8 Å². The van der Waals surface area contributed by atoms with Crippen LogP contribution >= 0.6 is 0 Å². The Morgan fingerprint density at radius 3 is 1.26 bits per heavy atom. The highest BCUT2D eigenvalue weighted by molar-refractivity contribution is 6.73. The third-order valence-corrected chi connectivity index (χ3v) is 9.97. The first-order valence-electron chi connectivity index (χ1n) is 10.4. The van der Waals surface area contributed by atoms with Crippen LogP contribution < -0.4 is 0 Å². The van der Waals surface area contributed by atoms with Crippen LogP contribution in [0, 0.1) is 0 Å². The van der Waals surface area contributed by atoms with E-state index in [4.69, 9.17) is 32.8 Å². The highest BCUT2D eigenvalue weighted by atomic mass is 28.4. The lowest BCUT2D eigenvalue weighted by Crippen LogP contribution is -2.38. The molecule has 0 unspecified atom stereocenters. The third-order valence-electron chi connectivity index (χ3n) is 5.31. The molecule has 0 spiro atoms. The quantitative estimate of drug-likeness (QED) is 0.185. The van der Waals surface area contributed by atoms with Crippen molar-refractivity contribution in [2.75, 3.05) is 66.6 Å². The summed E-state index contributed by atoms with van der Waals surface area (Å²) in [6.07, 6.45) is 4.19. The first-order valence-corrected chi connectivity index (χ1v) is 13.0. The molecule has 0 N–H and O–H groups in total. The van der Waals surface area contributed by atoms with Crippen LogP contribution in [0.15, 0.2) is 0 Å². The van der Waals surface area contributed by atoms with Gasteiger partial charge in [-0.25, -0.2) is 0 Å². The van der Waals surface area contributed by atoms with Gasteiger partial charge in [0.1, 0.15) is 18.3 Å². The lowest BCUT2D eigenvalue weighted by Gasteiger charge is -2.30. The molecule has 3 aliphatic rings. The average molecular weight is 405 g/mol. The molecule has 3 aliphatic heterocycles. The molecule has 3 heterocycles. The summed E-state index contributed by atoms with van der Waals surface area (Å²) in [4.78, 5) is 0. The van der Waals surface area contributed by atoms with Gasteiger partial charge in [0.15, 0.2) is 8.32 Å². The Labute approximate surface area is 164 Å². The molecule has 0 aromatic rings. The Morgan fingerprint density at radius 1 is 0.667 bits per heavy atom. The Morgan fingerprint density at radius 2 is 1.00 bits per heavy atom. The molecule has 3 saturated heterocycles. The summed E-state index contributed by atoms with van der Waals surface area (Å²) >= 11 is 0. The summed E-state index contributed by atoms with van der Waals surface area (Å²) in [6.45, 7) is 7.15. The lowest BCUT2D eigenvalue weighted by atomic mass is 10.5. The smallest absolute Gasteiger partial charge is 0.192 e. The Kier molecular flexibility index (Phi) is 9.48. The van der Waals surface area contributed by atoms with Gasteiger partial charge in [-0.1, -0.05) is 0 Å². The molecule has 3 fully saturated rings. The molecule has 3 rings (SSSR count). The molecule has 0 amide bonds. The van der Waals surface area contributed by atoms with Crippen molar-refractivity contribution in [3.63, 3.8) is 0 Å². The average Bonchev–Trinajstić information content (AvgIpc) is 3.53. The number of epoxide rings is 3. The molecule has 8 heteroatoms. The van der Waals surface area contributed by atoms with Crippen LogP contribution in [0.25, 0.3) is 0 Å². The van der Waals surface area contributed by atoms with Gasteiger partial charge < -0.3 is 32.8 Å². The van der Waals surface area contributed by atoms with Gasteiger partial charge in [-0.2, -0.15) is 0 Å². The lowest BCUT2D eigenvalue weighted by molar-refractivity contribution is 0.112. The van der Waals surface area contributed by atoms with Gasteiger partial charge in [0, 0.05) is 26.9 Å². The standard InChI is InChI=1S/C19H36O7Si/c1-20-27(8-2-5-21-11-17-14-24-17,9-3-6-22-12-18-15-25-18)10-4-7-23-13-19-16-26-19/h17-19H,2-16H2,1H3/t17-,18-,19-/m0/s1. The second kappa shape index (κ2) is 11.8. The van der Waals surface area contributed by atoms with E-state index in [0.29, 0.717) is 18.3 Å². The van der Waals surface area contributed by atoms with Crippen molar-refractivity contribution in [3.05, 3.63) is 0 Å². The summed E-state index contributed by atoms with van der Waals surface area (Å²) in [5.74, 6) is 0. The van der Waals surface area contributed by atoms with Crippen LogP contribution in [0.3, 0.4) is 0 Å². The van der Waals surface area contributed by atoms with Crippen molar-refractivity contribution < 1.29 is 32.8 Å². The zero-order valence-corrected chi connectivity index (χ0v) is 17.7. The van der Waals surface area contributed by atoms with Gasteiger partial charge in [0.05, 0.1) is 39.6 Å². The Balaban J connectivity index is 1.31. The minimum absolute atomic E-state index is 0.342. The fourth-order valence-corrected chi connectivity index (χ4v) is 7.04. The highest BCUT2D eigenvalue weighted by Crippen LogP contribution is 2.27. The first-order chi connectivity index (χ1) is 13.3. The molecular formula is C19H36O7Si. The van der Waals surface area contributed by atoms with Gasteiger partial charge in [-0.05, 0) is 37.4 Å². The molecule has 0 aliphatic carbocycles. The molecule has 0 saturated carbocycles. The molecule has 27 heavy (non-hydrogen) atoms. The number of rotatable bonds is 19. The summed E-state index contributed by atoms with van der Waals surface area (Å²) < 4.78 is 38.9. The molecule has 0 aromatic carbocycles. The molecule has 3 atom stereocenters. The summed E-state index contributed by atoms with van der Waals surface area (Å²) in [5.41, 5.74) is 0. The van der Waals surface area contributed by atoms with Gasteiger partial charge in [0.25, 0.3) is 0 Å². The van der Waals surface area contributed by atoms with E-state index in [1.807, 2.05) is 7.11 Å². The number of hydrogen-bond acceptors (Lipinski definition) is 7. The van der Waals surface area contributed by atoms with Crippen molar-refractivity contribution in [2.24, 2.45) is 0 Å². The van der Waals surface area contributed by atoms with Crippen molar-refractivity contribution >= 4 is 8.32 Å². The van der Waals surface area contributed by atoms with Crippen molar-refractivity contribution in [1.29, 1.82) is 0 Å². The van der Waals surface area contributed by atoms with E-state index in [9.17, 15) is 0 Å². The van der Waals surface area contributed by atoms with Crippen LogP contribution in [0.2, 0.25) is 18.1 Å². The molecular weight excluding hydrogens is 368 g/mol. The van der Waals surface area contributed by atoms with Crippen LogP contribution in [0.4, 0.5) is 0 Å². The predicted octanol–water partition coefficient (Wildman–Crippen LogP) is 1.99. The molecule has 7 nitrogen and oxygen atoms in total. The molecule has 158 valence electrons. The van der Waals surface area contributed by atoms with Gasteiger partial charge in [-0.3, -0.25) is 0 Å². The molecule has 0 aromatic heterocycles. The largest absolute Gasteiger partial charge is 0.420 e. The zero-order valence-electron chi connectivity index (χ0n) is 16.7. The maximum absolute atomic E-state index is 6.16. The highest BCUT2D eigenvalue weighted by Gasteiger charge is 2.33. The monoisotopic (exact) mass is 404 g/mol. The SMILES string of the molecule is CO[Si](CCCOC[C@H]1CO1)(CCCOC[C@H]1CO1)CCCOC[C@H]1CO1. The molecule has 0 bridgehead atoms. The summed E-state index contributed by atoms with van der Waals surface area (Å²) in [6, 6.07) is 3.39. The number of hydrogen-bond donors (Lipinski definition) is 0. The second-order valence-corrected chi connectivity index (χ2v) is 12.1. The first kappa shape index (κ1) is 21.6. The van der Waals surface area contributed by atoms with E-state index in [1.54, 1.807) is 0 Å². The van der Waals surface area contributed by atoms with Gasteiger partial charge in [-0.15, -0.1) is 0 Å². The van der Waals surface area contributed by atoms with E-state index in [-0.39, 0.29) is 0 Å². The molecule has 0 radical (unpaired) electrons. The maximum atomic E-state index is 6.16. The normalized spacial score (nSPS) is 26.3. The summed E-state index contributed by atoms with van der Waals surface area (Å²) in [7, 11) is 0.104. The van der Waals surface area contributed by atoms with E-state index < -0.39 is 8.32 Å². The zero-order chi connectivity index (χ0) is 18.8. The summed E-state index contributed by atoms with van der Waals surface area (Å²) in [5, 5.41) is 0. The number of ether oxygens (including phenoxy) is 6. The van der Waals surface area contributed by atoms with Crippen LogP contribution in [0.5, 0.6) is 0 Å². The van der Waals surface area contributed by atoms with E-state index in [1.165, 1.54) is 0 Å². The van der Waals surface area contributed by atoms with Gasteiger partial charge in [0.2, 0.25) is 0 Å². The van der Waals surface area contributed by atoms with Crippen molar-refractivity contribution in [1.82, 2.24) is 0 Å². The maximum Gasteiger partial charge on any atom is 0.192 e. The Bertz CT molecular complexity index is 344. The van der Waals surface area contributed by atoms with E-state index in [0.717, 1.165) is 96.9 Å². The van der Waals surface area contributed by atoms with Crippen molar-refractivity contribution in [2.45, 2.75) is 55.7 Å². The van der Waals surface area contributed by atoms with Crippen LogP contribution in [-0.4, -0.2) is 93.2 Å².